The lowest BCUT2D eigenvalue weighted by molar-refractivity contribution is 0.0793. The summed E-state index contributed by atoms with van der Waals surface area (Å²) in [4.78, 5) is 7.39. The molecule has 2 aliphatic rings. The molecule has 23 heavy (non-hydrogen) atoms. The Kier molecular flexibility index (Phi) is 7.99. The SMILES string of the molecule is CCNC(=NCC1(SC)CCOCC1)N1CCC(COCC)C1. The maximum Gasteiger partial charge on any atom is 0.193 e. The number of hydrogen-bond acceptors (Lipinski definition) is 4. The maximum atomic E-state index is 5.59. The van der Waals surface area contributed by atoms with Gasteiger partial charge >= 0.3 is 0 Å². The quantitative estimate of drug-likeness (QED) is 0.567. The van der Waals surface area contributed by atoms with Crippen molar-refractivity contribution in [3.8, 4) is 0 Å². The molecule has 2 heterocycles. The highest BCUT2D eigenvalue weighted by Crippen LogP contribution is 2.34. The average Bonchev–Trinajstić information content (AvgIpc) is 3.06. The Morgan fingerprint density at radius 1 is 1.39 bits per heavy atom. The zero-order valence-corrected chi connectivity index (χ0v) is 15.8. The van der Waals surface area contributed by atoms with E-state index in [-0.39, 0.29) is 4.75 Å². The zero-order chi connectivity index (χ0) is 16.5. The van der Waals surface area contributed by atoms with Gasteiger partial charge < -0.3 is 19.7 Å². The first-order valence-corrected chi connectivity index (χ1v) is 10.2. The predicted molar refractivity (Wildman–Crippen MR) is 98.5 cm³/mol. The Morgan fingerprint density at radius 2 is 2.17 bits per heavy atom. The van der Waals surface area contributed by atoms with E-state index in [2.05, 4.69) is 30.3 Å². The van der Waals surface area contributed by atoms with Gasteiger partial charge in [-0.3, -0.25) is 4.99 Å². The van der Waals surface area contributed by atoms with E-state index in [0.29, 0.717) is 5.92 Å². The smallest absolute Gasteiger partial charge is 0.193 e. The Morgan fingerprint density at radius 3 is 2.83 bits per heavy atom. The first-order valence-electron chi connectivity index (χ1n) is 8.97. The minimum Gasteiger partial charge on any atom is -0.381 e. The van der Waals surface area contributed by atoms with Gasteiger partial charge in [0.05, 0.1) is 13.2 Å². The number of thioether (sulfide) groups is 1. The molecule has 5 nitrogen and oxygen atoms in total. The van der Waals surface area contributed by atoms with Crippen LogP contribution in [0.4, 0.5) is 0 Å². The third-order valence-corrected chi connectivity index (χ3v) is 6.24. The molecule has 0 bridgehead atoms. The summed E-state index contributed by atoms with van der Waals surface area (Å²) in [6, 6.07) is 0. The Hall–Kier alpha value is -0.460. The minimum absolute atomic E-state index is 0.253. The highest BCUT2D eigenvalue weighted by Gasteiger charge is 2.32. The number of nitrogens with zero attached hydrogens (tertiary/aromatic N) is 2. The molecule has 0 aromatic heterocycles. The third kappa shape index (κ3) is 5.54. The van der Waals surface area contributed by atoms with Crippen LogP contribution >= 0.6 is 11.8 Å². The summed E-state index contributed by atoms with van der Waals surface area (Å²) < 4.78 is 11.4. The van der Waals surface area contributed by atoms with Crippen LogP contribution in [0.1, 0.15) is 33.1 Å². The van der Waals surface area contributed by atoms with Crippen molar-refractivity contribution in [2.45, 2.75) is 37.9 Å². The molecule has 1 atom stereocenters. The monoisotopic (exact) mass is 343 g/mol. The molecule has 2 saturated heterocycles. The molecule has 0 spiro atoms. The number of ether oxygens (including phenoxy) is 2. The van der Waals surface area contributed by atoms with Crippen LogP contribution in [-0.2, 0) is 9.47 Å². The van der Waals surface area contributed by atoms with Gasteiger partial charge in [0, 0.05) is 50.1 Å². The van der Waals surface area contributed by atoms with E-state index < -0.39 is 0 Å². The summed E-state index contributed by atoms with van der Waals surface area (Å²) in [6.45, 7) is 11.6. The Balaban J connectivity index is 1.94. The molecule has 1 unspecified atom stereocenters. The molecule has 0 saturated carbocycles. The molecule has 0 aromatic rings. The van der Waals surface area contributed by atoms with Crippen molar-refractivity contribution >= 4 is 17.7 Å². The van der Waals surface area contributed by atoms with Crippen LogP contribution in [0.15, 0.2) is 4.99 Å². The minimum atomic E-state index is 0.253. The van der Waals surface area contributed by atoms with Crippen LogP contribution in [-0.4, -0.2) is 74.5 Å². The van der Waals surface area contributed by atoms with E-state index in [0.717, 1.165) is 71.4 Å². The maximum absolute atomic E-state index is 5.59. The lowest BCUT2D eigenvalue weighted by atomic mass is 9.99. The fourth-order valence-corrected chi connectivity index (χ4v) is 4.03. The van der Waals surface area contributed by atoms with Gasteiger partial charge in [-0.15, -0.1) is 0 Å². The molecule has 0 radical (unpaired) electrons. The summed E-state index contributed by atoms with van der Waals surface area (Å²) in [5.74, 6) is 1.71. The van der Waals surface area contributed by atoms with Crippen molar-refractivity contribution in [3.63, 3.8) is 0 Å². The second-order valence-electron chi connectivity index (χ2n) is 6.43. The fourth-order valence-electron chi connectivity index (χ4n) is 3.26. The van der Waals surface area contributed by atoms with Crippen molar-refractivity contribution in [1.29, 1.82) is 0 Å². The number of likely N-dealkylation sites (tertiary alicyclic amines) is 1. The molecule has 0 aliphatic carbocycles. The predicted octanol–water partition coefficient (Wildman–Crippen LogP) is 2.22. The summed E-state index contributed by atoms with van der Waals surface area (Å²) in [5, 5.41) is 3.48. The summed E-state index contributed by atoms with van der Waals surface area (Å²) in [7, 11) is 0. The van der Waals surface area contributed by atoms with Crippen molar-refractivity contribution in [2.24, 2.45) is 10.9 Å². The van der Waals surface area contributed by atoms with Crippen LogP contribution in [0.3, 0.4) is 0 Å². The first-order chi connectivity index (χ1) is 11.2. The van der Waals surface area contributed by atoms with Gasteiger partial charge in [0.2, 0.25) is 0 Å². The third-order valence-electron chi connectivity index (χ3n) is 4.83. The molecule has 6 heteroatoms. The topological polar surface area (TPSA) is 46.1 Å². The highest BCUT2D eigenvalue weighted by atomic mass is 32.2. The Labute approximate surface area is 145 Å². The van der Waals surface area contributed by atoms with Gasteiger partial charge in [0.15, 0.2) is 5.96 Å². The molecule has 1 N–H and O–H groups in total. The number of rotatable bonds is 7. The fraction of sp³-hybridized carbons (Fsp3) is 0.941. The van der Waals surface area contributed by atoms with Crippen LogP contribution in [0.2, 0.25) is 0 Å². The lowest BCUT2D eigenvalue weighted by Crippen LogP contribution is -2.42. The van der Waals surface area contributed by atoms with Gasteiger partial charge in [-0.2, -0.15) is 11.8 Å². The van der Waals surface area contributed by atoms with E-state index >= 15 is 0 Å². The Bertz CT molecular complexity index is 373. The number of aliphatic imine (C=N–C) groups is 1. The van der Waals surface area contributed by atoms with Crippen LogP contribution < -0.4 is 5.32 Å². The largest absolute Gasteiger partial charge is 0.381 e. The first kappa shape index (κ1) is 18.9. The second kappa shape index (κ2) is 9.74. The average molecular weight is 344 g/mol. The van der Waals surface area contributed by atoms with E-state index in [4.69, 9.17) is 14.5 Å². The van der Waals surface area contributed by atoms with E-state index in [1.807, 2.05) is 11.8 Å². The summed E-state index contributed by atoms with van der Waals surface area (Å²) >= 11 is 1.95. The molecule has 134 valence electrons. The van der Waals surface area contributed by atoms with Crippen molar-refractivity contribution < 1.29 is 9.47 Å². The standard InChI is InChI=1S/C17H33N3O2S/c1-4-18-16(20-9-6-15(12-20)13-21-5-2)19-14-17(23-3)7-10-22-11-8-17/h15H,4-14H2,1-3H3,(H,18,19). The van der Waals surface area contributed by atoms with Gasteiger partial charge in [-0.1, -0.05) is 0 Å². The van der Waals surface area contributed by atoms with Crippen molar-refractivity contribution in [2.75, 3.05) is 58.9 Å². The van der Waals surface area contributed by atoms with Crippen LogP contribution in [0, 0.1) is 5.92 Å². The molecular formula is C17H33N3O2S. The van der Waals surface area contributed by atoms with E-state index in [1.54, 1.807) is 0 Å². The molecule has 0 aromatic carbocycles. The highest BCUT2D eigenvalue weighted by molar-refractivity contribution is 8.00. The summed E-state index contributed by atoms with van der Waals surface area (Å²) in [5.41, 5.74) is 0. The molecular weight excluding hydrogens is 310 g/mol. The zero-order valence-electron chi connectivity index (χ0n) is 15.0. The number of guanidine groups is 1. The second-order valence-corrected chi connectivity index (χ2v) is 7.70. The molecule has 2 rings (SSSR count). The van der Waals surface area contributed by atoms with Gasteiger partial charge in [0.1, 0.15) is 0 Å². The van der Waals surface area contributed by atoms with E-state index in [1.165, 1.54) is 6.42 Å². The van der Waals surface area contributed by atoms with Gasteiger partial charge in [-0.25, -0.2) is 0 Å². The van der Waals surface area contributed by atoms with Gasteiger partial charge in [0.25, 0.3) is 0 Å². The van der Waals surface area contributed by atoms with Gasteiger partial charge in [-0.05, 0) is 39.4 Å². The van der Waals surface area contributed by atoms with Crippen LogP contribution in [0.25, 0.3) is 0 Å². The number of hydrogen-bond donors (Lipinski definition) is 1. The summed E-state index contributed by atoms with van der Waals surface area (Å²) in [6.07, 6.45) is 5.61. The van der Waals surface area contributed by atoms with Crippen LogP contribution in [0.5, 0.6) is 0 Å². The number of nitrogens with one attached hydrogen (secondary N) is 1. The molecule has 2 fully saturated rings. The lowest BCUT2D eigenvalue weighted by Gasteiger charge is -2.34. The van der Waals surface area contributed by atoms with Crippen molar-refractivity contribution in [1.82, 2.24) is 10.2 Å². The van der Waals surface area contributed by atoms with Crippen molar-refractivity contribution in [3.05, 3.63) is 0 Å². The molecule has 2 aliphatic heterocycles. The normalized spacial score (nSPS) is 24.9. The van der Waals surface area contributed by atoms with E-state index in [9.17, 15) is 0 Å². The molecule has 0 amide bonds.